The van der Waals surface area contributed by atoms with Crippen LogP contribution in [0.25, 0.3) is 10.9 Å². The van der Waals surface area contributed by atoms with Gasteiger partial charge in [-0.1, -0.05) is 24.3 Å². The Balaban J connectivity index is 1.51. The first-order chi connectivity index (χ1) is 11.8. The highest BCUT2D eigenvalue weighted by molar-refractivity contribution is 5.94. The molecule has 1 aromatic heterocycles. The minimum atomic E-state index is -0.368. The molecular formula is C18H17FN4O. The predicted molar refractivity (Wildman–Crippen MR) is 91.4 cm³/mol. The number of nitrogens with zero attached hydrogens (tertiary/aromatic N) is 2. The van der Waals surface area contributed by atoms with Crippen molar-refractivity contribution in [2.24, 2.45) is 0 Å². The molecule has 1 amide bonds. The maximum absolute atomic E-state index is 13.7. The van der Waals surface area contributed by atoms with Gasteiger partial charge in [0.2, 0.25) is 0 Å². The Hall–Kier alpha value is -3.02. The van der Waals surface area contributed by atoms with Crippen molar-refractivity contribution in [3.05, 3.63) is 66.2 Å². The summed E-state index contributed by atoms with van der Waals surface area (Å²) < 4.78 is 13.7. The van der Waals surface area contributed by atoms with Crippen LogP contribution in [0.15, 0.2) is 54.9 Å². The number of fused-ring (bicyclic) bond motifs is 1. The number of rotatable bonds is 6. The van der Waals surface area contributed by atoms with Crippen LogP contribution in [0.1, 0.15) is 16.8 Å². The van der Waals surface area contributed by atoms with Gasteiger partial charge in [0.1, 0.15) is 23.5 Å². The van der Waals surface area contributed by atoms with Crippen molar-refractivity contribution in [3.8, 4) is 0 Å². The van der Waals surface area contributed by atoms with E-state index in [-0.39, 0.29) is 11.7 Å². The number of nitrogens with one attached hydrogen (secondary N) is 2. The van der Waals surface area contributed by atoms with Crippen LogP contribution in [0.3, 0.4) is 0 Å². The molecule has 0 saturated heterocycles. The van der Waals surface area contributed by atoms with Gasteiger partial charge in [0.25, 0.3) is 5.91 Å². The van der Waals surface area contributed by atoms with Crippen molar-refractivity contribution in [2.45, 2.75) is 6.42 Å². The van der Waals surface area contributed by atoms with Crippen molar-refractivity contribution in [2.75, 3.05) is 18.4 Å². The maximum atomic E-state index is 13.7. The predicted octanol–water partition coefficient (Wildman–Crippen LogP) is 3.00. The summed E-state index contributed by atoms with van der Waals surface area (Å²) in [5.74, 6) is 0.132. The normalized spacial score (nSPS) is 10.5. The van der Waals surface area contributed by atoms with Crippen LogP contribution in [-0.2, 0) is 0 Å². The summed E-state index contributed by atoms with van der Waals surface area (Å²) in [5, 5.41) is 6.66. The number of carbonyl (C=O) groups excluding carboxylic acids is 1. The highest BCUT2D eigenvalue weighted by atomic mass is 19.1. The third-order valence-corrected chi connectivity index (χ3v) is 3.58. The van der Waals surface area contributed by atoms with Crippen LogP contribution < -0.4 is 10.6 Å². The molecule has 0 radical (unpaired) electrons. The van der Waals surface area contributed by atoms with E-state index in [0.29, 0.717) is 35.4 Å². The summed E-state index contributed by atoms with van der Waals surface area (Å²) in [7, 11) is 0. The lowest BCUT2D eigenvalue weighted by atomic mass is 10.2. The highest BCUT2D eigenvalue weighted by Gasteiger charge is 2.07. The van der Waals surface area contributed by atoms with Gasteiger partial charge in [-0.25, -0.2) is 14.4 Å². The summed E-state index contributed by atoms with van der Waals surface area (Å²) in [4.78, 5) is 20.0. The molecule has 0 atom stereocenters. The molecule has 0 bridgehead atoms. The fraction of sp³-hybridized carbons (Fsp3) is 0.167. The van der Waals surface area contributed by atoms with E-state index in [1.54, 1.807) is 24.3 Å². The van der Waals surface area contributed by atoms with E-state index in [2.05, 4.69) is 20.6 Å². The van der Waals surface area contributed by atoms with Crippen molar-refractivity contribution in [3.63, 3.8) is 0 Å². The van der Waals surface area contributed by atoms with Crippen molar-refractivity contribution < 1.29 is 9.18 Å². The molecule has 0 fully saturated rings. The zero-order valence-corrected chi connectivity index (χ0v) is 13.0. The van der Waals surface area contributed by atoms with Crippen LogP contribution in [0.5, 0.6) is 0 Å². The molecule has 3 rings (SSSR count). The lowest BCUT2D eigenvalue weighted by molar-refractivity contribution is 0.0953. The molecule has 0 saturated carbocycles. The molecule has 1 heterocycles. The molecule has 2 aromatic carbocycles. The minimum absolute atomic E-state index is 0.0924. The molecular weight excluding hydrogens is 307 g/mol. The monoisotopic (exact) mass is 324 g/mol. The number of aromatic nitrogens is 2. The molecule has 0 unspecified atom stereocenters. The van der Waals surface area contributed by atoms with Crippen LogP contribution >= 0.6 is 0 Å². The van der Waals surface area contributed by atoms with Gasteiger partial charge in [-0.3, -0.25) is 4.79 Å². The fourth-order valence-electron chi connectivity index (χ4n) is 2.38. The van der Waals surface area contributed by atoms with E-state index in [1.165, 1.54) is 12.4 Å². The van der Waals surface area contributed by atoms with E-state index in [4.69, 9.17) is 0 Å². The van der Waals surface area contributed by atoms with Crippen molar-refractivity contribution in [1.82, 2.24) is 15.3 Å². The minimum Gasteiger partial charge on any atom is -0.369 e. The maximum Gasteiger partial charge on any atom is 0.251 e. The van der Waals surface area contributed by atoms with Crippen molar-refractivity contribution >= 4 is 22.6 Å². The first kappa shape index (κ1) is 15.9. The Morgan fingerprint density at radius 3 is 2.67 bits per heavy atom. The largest absolute Gasteiger partial charge is 0.369 e. The number of hydrogen-bond donors (Lipinski definition) is 2. The average molecular weight is 324 g/mol. The summed E-state index contributed by atoms with van der Waals surface area (Å²) in [5.41, 5.74) is 0.940. The Labute approximate surface area is 138 Å². The van der Waals surface area contributed by atoms with Gasteiger partial charge < -0.3 is 10.6 Å². The smallest absolute Gasteiger partial charge is 0.251 e. The van der Waals surface area contributed by atoms with E-state index < -0.39 is 0 Å². The van der Waals surface area contributed by atoms with Gasteiger partial charge in [-0.15, -0.1) is 0 Å². The Morgan fingerprint density at radius 2 is 1.83 bits per heavy atom. The average Bonchev–Trinajstić information content (AvgIpc) is 2.62. The number of anilines is 1. The van der Waals surface area contributed by atoms with Gasteiger partial charge in [-0.05, 0) is 30.7 Å². The SMILES string of the molecule is O=C(NCCCNc1ncnc2c(F)cccc12)c1ccccc1. The standard InChI is InChI=1S/C18H17FN4O/c19-15-9-4-8-14-16(15)22-12-23-17(14)20-10-5-11-21-18(24)13-6-2-1-3-7-13/h1-4,6-9,12H,5,10-11H2,(H,21,24)(H,20,22,23). The van der Waals surface area contributed by atoms with Gasteiger partial charge >= 0.3 is 0 Å². The quantitative estimate of drug-likeness (QED) is 0.684. The number of para-hydroxylation sites is 1. The zero-order chi connectivity index (χ0) is 16.8. The number of halogens is 1. The first-order valence-corrected chi connectivity index (χ1v) is 7.72. The van der Waals surface area contributed by atoms with Gasteiger partial charge in [0, 0.05) is 24.0 Å². The summed E-state index contributed by atoms with van der Waals surface area (Å²) in [6.45, 7) is 1.15. The Kier molecular flexibility index (Phi) is 4.96. The molecule has 3 aromatic rings. The summed E-state index contributed by atoms with van der Waals surface area (Å²) in [6.07, 6.45) is 2.06. The third-order valence-electron chi connectivity index (χ3n) is 3.58. The lowest BCUT2D eigenvalue weighted by Crippen LogP contribution is -2.25. The van der Waals surface area contributed by atoms with E-state index in [1.807, 2.05) is 18.2 Å². The molecule has 0 spiro atoms. The number of hydrogen-bond acceptors (Lipinski definition) is 4. The molecule has 0 aliphatic heterocycles. The second-order valence-corrected chi connectivity index (χ2v) is 5.26. The summed E-state index contributed by atoms with van der Waals surface area (Å²) >= 11 is 0. The van der Waals surface area contributed by atoms with Crippen LogP contribution in [0.2, 0.25) is 0 Å². The molecule has 24 heavy (non-hydrogen) atoms. The molecule has 0 aliphatic rings. The second kappa shape index (κ2) is 7.50. The number of benzene rings is 2. The van der Waals surface area contributed by atoms with Crippen molar-refractivity contribution in [1.29, 1.82) is 0 Å². The van der Waals surface area contributed by atoms with Gasteiger partial charge in [0.15, 0.2) is 0 Å². The highest BCUT2D eigenvalue weighted by Crippen LogP contribution is 2.20. The first-order valence-electron chi connectivity index (χ1n) is 7.72. The third kappa shape index (κ3) is 3.65. The lowest BCUT2D eigenvalue weighted by Gasteiger charge is -2.09. The second-order valence-electron chi connectivity index (χ2n) is 5.26. The van der Waals surface area contributed by atoms with Crippen LogP contribution in [0.4, 0.5) is 10.2 Å². The summed E-state index contributed by atoms with van der Waals surface area (Å²) in [6, 6.07) is 13.9. The fourth-order valence-corrected chi connectivity index (χ4v) is 2.38. The number of amides is 1. The molecule has 0 aliphatic carbocycles. The Morgan fingerprint density at radius 1 is 1.00 bits per heavy atom. The molecule has 122 valence electrons. The topological polar surface area (TPSA) is 66.9 Å². The van der Waals surface area contributed by atoms with E-state index >= 15 is 0 Å². The van der Waals surface area contributed by atoms with E-state index in [9.17, 15) is 9.18 Å². The molecule has 2 N–H and O–H groups in total. The number of carbonyl (C=O) groups is 1. The van der Waals surface area contributed by atoms with Crippen LogP contribution in [-0.4, -0.2) is 29.0 Å². The van der Waals surface area contributed by atoms with Crippen LogP contribution in [0, 0.1) is 5.82 Å². The molecule has 6 heteroatoms. The Bertz CT molecular complexity index is 839. The van der Waals surface area contributed by atoms with E-state index in [0.717, 1.165) is 6.42 Å². The molecule has 5 nitrogen and oxygen atoms in total. The van der Waals surface area contributed by atoms with Gasteiger partial charge in [0.05, 0.1) is 0 Å². The van der Waals surface area contributed by atoms with Gasteiger partial charge in [-0.2, -0.15) is 0 Å². The zero-order valence-electron chi connectivity index (χ0n) is 13.0.